The summed E-state index contributed by atoms with van der Waals surface area (Å²) in [5.74, 6) is -0.0907. The van der Waals surface area contributed by atoms with Crippen LogP contribution in [0.4, 0.5) is 11.9 Å². The molecule has 4 N–H and O–H groups in total. The summed E-state index contributed by atoms with van der Waals surface area (Å²) in [6, 6.07) is 8.82. The van der Waals surface area contributed by atoms with Crippen molar-refractivity contribution in [1.29, 1.82) is 0 Å². The minimum atomic E-state index is -2.04. The van der Waals surface area contributed by atoms with Crippen LogP contribution in [0.5, 0.6) is 0 Å². The molecule has 2 rings (SSSR count). The molecular formula is C13H11Cl6N5O2. The first kappa shape index (κ1) is 21.8. The zero-order valence-corrected chi connectivity index (χ0v) is 17.1. The summed E-state index contributed by atoms with van der Waals surface area (Å²) in [4.78, 5) is 12.2. The highest BCUT2D eigenvalue weighted by Gasteiger charge is 2.33. The van der Waals surface area contributed by atoms with Gasteiger partial charge in [0.15, 0.2) is 18.3 Å². The molecule has 1 aromatic heterocycles. The van der Waals surface area contributed by atoms with Crippen LogP contribution in [-0.4, -0.2) is 45.2 Å². The van der Waals surface area contributed by atoms with E-state index in [0.717, 1.165) is 0 Å². The van der Waals surface area contributed by atoms with Crippen molar-refractivity contribution in [2.45, 2.75) is 20.0 Å². The molecule has 0 fully saturated rings. The lowest BCUT2D eigenvalue weighted by molar-refractivity contribution is 0.206. The van der Waals surface area contributed by atoms with Gasteiger partial charge in [0.2, 0.25) is 19.5 Å². The summed E-state index contributed by atoms with van der Waals surface area (Å²) in [6.07, 6.45) is -3.24. The van der Waals surface area contributed by atoms with Gasteiger partial charge in [-0.2, -0.15) is 15.0 Å². The standard InChI is InChI=1S/C13H11Cl6N5O2/c14-12(15,16)8(25)22-10-20-7(6-4-2-1-3-5-6)21-11(24-10)23-9(26)13(17,18)19/h1-5,8-9,25-26H,(H2,20,21,22,23,24)/t8-,9-/m0/s1. The van der Waals surface area contributed by atoms with E-state index in [1.807, 2.05) is 6.07 Å². The van der Waals surface area contributed by atoms with E-state index in [-0.39, 0.29) is 17.7 Å². The lowest BCUT2D eigenvalue weighted by Gasteiger charge is -2.22. The molecule has 1 heterocycles. The van der Waals surface area contributed by atoms with E-state index in [0.29, 0.717) is 5.56 Å². The van der Waals surface area contributed by atoms with Crippen LogP contribution >= 0.6 is 69.6 Å². The van der Waals surface area contributed by atoms with Gasteiger partial charge in [-0.1, -0.05) is 99.9 Å². The molecule has 7 nitrogen and oxygen atoms in total. The normalized spacial score (nSPS) is 14.6. The maximum absolute atomic E-state index is 9.86. The number of aromatic nitrogens is 3. The molecule has 13 heteroatoms. The Balaban J connectivity index is 2.39. The van der Waals surface area contributed by atoms with Gasteiger partial charge in [-0.25, -0.2) is 0 Å². The number of nitrogens with one attached hydrogen (secondary N) is 2. The van der Waals surface area contributed by atoms with Crippen molar-refractivity contribution in [1.82, 2.24) is 15.0 Å². The van der Waals surface area contributed by atoms with Crippen molar-refractivity contribution in [3.8, 4) is 11.4 Å². The van der Waals surface area contributed by atoms with E-state index in [1.54, 1.807) is 24.3 Å². The molecule has 0 saturated carbocycles. The highest BCUT2D eigenvalue weighted by Crippen LogP contribution is 2.32. The molecule has 0 aliphatic carbocycles. The van der Waals surface area contributed by atoms with Crippen LogP contribution in [0.1, 0.15) is 0 Å². The molecule has 0 aliphatic heterocycles. The molecule has 1 aromatic carbocycles. The summed E-state index contributed by atoms with van der Waals surface area (Å²) >= 11 is 33.7. The fourth-order valence-electron chi connectivity index (χ4n) is 1.63. The Bertz CT molecular complexity index is 700. The van der Waals surface area contributed by atoms with Gasteiger partial charge in [0.1, 0.15) is 0 Å². The first-order valence-corrected chi connectivity index (χ1v) is 9.08. The number of rotatable bonds is 5. The number of anilines is 2. The Labute approximate surface area is 178 Å². The minimum absolute atomic E-state index is 0.142. The molecule has 0 aliphatic rings. The molecule has 0 amide bonds. The van der Waals surface area contributed by atoms with E-state index < -0.39 is 20.0 Å². The number of aliphatic hydroxyl groups is 2. The molecule has 0 spiro atoms. The zero-order chi connectivity index (χ0) is 19.5. The van der Waals surface area contributed by atoms with Gasteiger partial charge < -0.3 is 20.8 Å². The lowest BCUT2D eigenvalue weighted by Crippen LogP contribution is -2.35. The third kappa shape index (κ3) is 6.28. The third-order valence-corrected chi connectivity index (χ3v) is 4.06. The molecule has 0 saturated heterocycles. The average molecular weight is 482 g/mol. The summed E-state index contributed by atoms with van der Waals surface area (Å²) in [5.41, 5.74) is 0.618. The predicted octanol–water partition coefficient (Wildman–Crippen LogP) is 3.74. The first-order chi connectivity index (χ1) is 12.0. The van der Waals surface area contributed by atoms with Gasteiger partial charge in [0.25, 0.3) is 0 Å². The third-order valence-electron chi connectivity index (χ3n) is 2.82. The van der Waals surface area contributed by atoms with Crippen molar-refractivity contribution in [3.63, 3.8) is 0 Å². The van der Waals surface area contributed by atoms with Gasteiger partial charge in [0, 0.05) is 5.56 Å². The molecular weight excluding hydrogens is 471 g/mol. The predicted molar refractivity (Wildman–Crippen MR) is 105 cm³/mol. The van der Waals surface area contributed by atoms with Gasteiger partial charge in [-0.05, 0) is 0 Å². The minimum Gasteiger partial charge on any atom is -0.369 e. The topological polar surface area (TPSA) is 103 Å². The monoisotopic (exact) mass is 479 g/mol. The lowest BCUT2D eigenvalue weighted by atomic mass is 10.2. The fraction of sp³-hybridized carbons (Fsp3) is 0.308. The number of benzene rings is 1. The van der Waals surface area contributed by atoms with Crippen molar-refractivity contribution >= 4 is 81.5 Å². The quantitative estimate of drug-likeness (QED) is 0.381. The molecule has 0 bridgehead atoms. The maximum Gasteiger partial charge on any atom is 0.234 e. The number of halogens is 6. The summed E-state index contributed by atoms with van der Waals surface area (Å²) in [7, 11) is 0. The Hall–Kier alpha value is -0.510. The summed E-state index contributed by atoms with van der Waals surface area (Å²) < 4.78 is -4.07. The van der Waals surface area contributed by atoms with Gasteiger partial charge in [-0.15, -0.1) is 0 Å². The summed E-state index contributed by atoms with van der Waals surface area (Å²) in [6.45, 7) is 0. The number of hydrogen-bond donors (Lipinski definition) is 4. The molecule has 2 aromatic rings. The van der Waals surface area contributed by atoms with Crippen molar-refractivity contribution in [2.24, 2.45) is 0 Å². The number of aliphatic hydroxyl groups excluding tert-OH is 2. The van der Waals surface area contributed by atoms with Crippen LogP contribution in [0.15, 0.2) is 30.3 Å². The van der Waals surface area contributed by atoms with Crippen molar-refractivity contribution in [3.05, 3.63) is 30.3 Å². The number of alkyl halides is 6. The second-order valence-corrected chi connectivity index (χ2v) is 9.59. The SMILES string of the molecule is O[C@H](Nc1nc(N[C@@H](O)C(Cl)(Cl)Cl)nc(-c2ccccc2)n1)C(Cl)(Cl)Cl. The summed E-state index contributed by atoms with van der Waals surface area (Å²) in [5, 5.41) is 24.6. The van der Waals surface area contributed by atoms with Gasteiger partial charge >= 0.3 is 0 Å². The van der Waals surface area contributed by atoms with Gasteiger partial charge in [0.05, 0.1) is 0 Å². The van der Waals surface area contributed by atoms with E-state index in [4.69, 9.17) is 69.6 Å². The average Bonchev–Trinajstić information content (AvgIpc) is 2.53. The van der Waals surface area contributed by atoms with E-state index in [1.165, 1.54) is 0 Å². The Morgan fingerprint density at radius 1 is 0.731 bits per heavy atom. The highest BCUT2D eigenvalue weighted by atomic mass is 35.6. The first-order valence-electron chi connectivity index (χ1n) is 6.81. The largest absolute Gasteiger partial charge is 0.369 e. The Morgan fingerprint density at radius 3 is 1.54 bits per heavy atom. The molecule has 142 valence electrons. The number of nitrogens with zero attached hydrogens (tertiary/aromatic N) is 3. The second-order valence-electron chi connectivity index (χ2n) is 4.85. The van der Waals surface area contributed by atoms with Crippen LogP contribution < -0.4 is 10.6 Å². The maximum atomic E-state index is 9.86. The second kappa shape index (κ2) is 8.67. The van der Waals surface area contributed by atoms with Crippen LogP contribution in [0.2, 0.25) is 0 Å². The zero-order valence-electron chi connectivity index (χ0n) is 12.5. The van der Waals surface area contributed by atoms with Crippen LogP contribution in [0.3, 0.4) is 0 Å². The smallest absolute Gasteiger partial charge is 0.234 e. The van der Waals surface area contributed by atoms with Crippen molar-refractivity contribution in [2.75, 3.05) is 10.6 Å². The Morgan fingerprint density at radius 2 is 1.15 bits per heavy atom. The Kier molecular flexibility index (Phi) is 7.26. The molecule has 0 radical (unpaired) electrons. The highest BCUT2D eigenvalue weighted by molar-refractivity contribution is 6.68. The van der Waals surface area contributed by atoms with Crippen LogP contribution in [0, 0.1) is 0 Å². The molecule has 0 unspecified atom stereocenters. The van der Waals surface area contributed by atoms with Crippen LogP contribution in [0.25, 0.3) is 11.4 Å². The fourth-order valence-corrected chi connectivity index (χ4v) is 1.96. The van der Waals surface area contributed by atoms with Gasteiger partial charge in [-0.3, -0.25) is 0 Å². The van der Waals surface area contributed by atoms with E-state index >= 15 is 0 Å². The number of hydrogen-bond acceptors (Lipinski definition) is 7. The van der Waals surface area contributed by atoms with Crippen LogP contribution in [-0.2, 0) is 0 Å². The van der Waals surface area contributed by atoms with E-state index in [9.17, 15) is 10.2 Å². The molecule has 2 atom stereocenters. The molecule has 26 heavy (non-hydrogen) atoms. The van der Waals surface area contributed by atoms with E-state index in [2.05, 4.69) is 25.6 Å². The van der Waals surface area contributed by atoms with Crippen molar-refractivity contribution < 1.29 is 10.2 Å².